The summed E-state index contributed by atoms with van der Waals surface area (Å²) in [6.45, 7) is 1.77. The van der Waals surface area contributed by atoms with Crippen LogP contribution in [0.25, 0.3) is 0 Å². The third-order valence-electron chi connectivity index (χ3n) is 3.45. The van der Waals surface area contributed by atoms with Crippen LogP contribution in [0.3, 0.4) is 0 Å². The second-order valence-electron chi connectivity index (χ2n) is 4.91. The van der Waals surface area contributed by atoms with Gasteiger partial charge in [-0.3, -0.25) is 9.59 Å². The summed E-state index contributed by atoms with van der Waals surface area (Å²) in [6, 6.07) is 0.267. The molecule has 4 nitrogen and oxygen atoms in total. The molecule has 0 radical (unpaired) electrons. The predicted molar refractivity (Wildman–Crippen MR) is 73.5 cm³/mol. The van der Waals surface area contributed by atoms with Gasteiger partial charge in [0.15, 0.2) is 0 Å². The summed E-state index contributed by atoms with van der Waals surface area (Å²) in [5, 5.41) is 3.71. The van der Waals surface area contributed by atoms with E-state index in [2.05, 4.69) is 16.3 Å². The van der Waals surface area contributed by atoms with Gasteiger partial charge in [0.05, 0.1) is 13.5 Å². The van der Waals surface area contributed by atoms with Crippen molar-refractivity contribution in [1.29, 1.82) is 0 Å². The molecule has 1 amide bonds. The summed E-state index contributed by atoms with van der Waals surface area (Å²) in [5.74, 6) is -0.678. The predicted octanol–water partition coefficient (Wildman–Crippen LogP) is 1.98. The first-order valence-electron chi connectivity index (χ1n) is 6.46. The van der Waals surface area contributed by atoms with Crippen molar-refractivity contribution < 1.29 is 14.3 Å². The maximum atomic E-state index is 11.9. The molecule has 0 unspecified atom stereocenters. The number of esters is 1. The van der Waals surface area contributed by atoms with Crippen LogP contribution in [-0.2, 0) is 14.3 Å². The highest BCUT2D eigenvalue weighted by Gasteiger charge is 2.25. The van der Waals surface area contributed by atoms with Crippen molar-refractivity contribution in [3.63, 3.8) is 0 Å². The van der Waals surface area contributed by atoms with Gasteiger partial charge < -0.3 is 10.1 Å². The summed E-state index contributed by atoms with van der Waals surface area (Å²) >= 11 is 1.87. The first-order chi connectivity index (χ1) is 8.56. The van der Waals surface area contributed by atoms with Gasteiger partial charge in [-0.05, 0) is 25.5 Å². The number of amides is 1. The molecule has 1 fully saturated rings. The fourth-order valence-electron chi connectivity index (χ4n) is 2.26. The van der Waals surface area contributed by atoms with Gasteiger partial charge in [-0.25, -0.2) is 0 Å². The molecule has 1 aliphatic carbocycles. The Balaban J connectivity index is 2.36. The van der Waals surface area contributed by atoms with E-state index in [-0.39, 0.29) is 30.3 Å². The van der Waals surface area contributed by atoms with E-state index in [1.165, 1.54) is 20.0 Å². The minimum Gasteiger partial charge on any atom is -0.469 e. The molecule has 0 aromatic rings. The number of carbonyl (C=O) groups is 2. The summed E-state index contributed by atoms with van der Waals surface area (Å²) in [5.41, 5.74) is 0. The summed E-state index contributed by atoms with van der Waals surface area (Å²) in [7, 11) is 1.34. The Morgan fingerprint density at radius 1 is 1.44 bits per heavy atom. The molecule has 104 valence electrons. The Hall–Kier alpha value is -0.710. The number of hydrogen-bond donors (Lipinski definition) is 1. The van der Waals surface area contributed by atoms with Crippen LogP contribution in [0.2, 0.25) is 0 Å². The Morgan fingerprint density at radius 2 is 2.17 bits per heavy atom. The molecule has 0 spiro atoms. The number of thioether (sulfide) groups is 1. The zero-order valence-electron chi connectivity index (χ0n) is 11.4. The largest absolute Gasteiger partial charge is 0.469 e. The van der Waals surface area contributed by atoms with E-state index < -0.39 is 0 Å². The van der Waals surface area contributed by atoms with E-state index in [0.29, 0.717) is 5.25 Å². The fourth-order valence-corrected chi connectivity index (χ4v) is 3.09. The molecular formula is C13H23NO3S. The summed E-state index contributed by atoms with van der Waals surface area (Å²) in [4.78, 5) is 23.0. The normalized spacial score (nSPS) is 25.3. The second kappa shape index (κ2) is 7.67. The molecule has 1 aliphatic rings. The van der Waals surface area contributed by atoms with Gasteiger partial charge in [0.2, 0.25) is 5.91 Å². The quantitative estimate of drug-likeness (QED) is 0.778. The molecule has 0 bridgehead atoms. The van der Waals surface area contributed by atoms with Crippen LogP contribution in [0.15, 0.2) is 0 Å². The highest BCUT2D eigenvalue weighted by Crippen LogP contribution is 2.27. The van der Waals surface area contributed by atoms with Crippen molar-refractivity contribution in [1.82, 2.24) is 5.32 Å². The number of ether oxygens (including phenoxy) is 1. The van der Waals surface area contributed by atoms with Gasteiger partial charge in [0.25, 0.3) is 0 Å². The first-order valence-corrected chi connectivity index (χ1v) is 7.75. The highest BCUT2D eigenvalue weighted by molar-refractivity contribution is 7.99. The molecule has 0 heterocycles. The molecular weight excluding hydrogens is 250 g/mol. The monoisotopic (exact) mass is 273 g/mol. The van der Waals surface area contributed by atoms with Crippen molar-refractivity contribution in [3.05, 3.63) is 0 Å². The number of carbonyl (C=O) groups excluding carboxylic acids is 2. The minimum absolute atomic E-state index is 0.0350. The van der Waals surface area contributed by atoms with Gasteiger partial charge in [0, 0.05) is 17.2 Å². The van der Waals surface area contributed by atoms with Crippen LogP contribution in [0.1, 0.15) is 39.0 Å². The van der Waals surface area contributed by atoms with Crippen molar-refractivity contribution in [3.8, 4) is 0 Å². The average Bonchev–Trinajstić information content (AvgIpc) is 2.38. The minimum atomic E-state index is -0.330. The molecule has 0 aromatic heterocycles. The molecule has 1 saturated carbocycles. The van der Waals surface area contributed by atoms with Crippen LogP contribution >= 0.6 is 11.8 Å². The lowest BCUT2D eigenvalue weighted by atomic mass is 9.94. The molecule has 3 atom stereocenters. The van der Waals surface area contributed by atoms with E-state index in [9.17, 15) is 9.59 Å². The zero-order chi connectivity index (χ0) is 13.5. The van der Waals surface area contributed by atoms with Crippen molar-refractivity contribution >= 4 is 23.6 Å². The molecule has 1 N–H and O–H groups in total. The Labute approximate surface area is 113 Å². The molecule has 0 aliphatic heterocycles. The van der Waals surface area contributed by atoms with Gasteiger partial charge >= 0.3 is 5.97 Å². The second-order valence-corrected chi connectivity index (χ2v) is 6.05. The third-order valence-corrected chi connectivity index (χ3v) is 4.55. The van der Waals surface area contributed by atoms with Crippen molar-refractivity contribution in [2.45, 2.75) is 50.3 Å². The lowest BCUT2D eigenvalue weighted by molar-refractivity contribution is -0.144. The number of nitrogens with one attached hydrogen (secondary N) is 1. The molecule has 0 aromatic carbocycles. The van der Waals surface area contributed by atoms with E-state index >= 15 is 0 Å². The molecule has 1 rings (SSSR count). The number of methoxy groups -OCH3 is 1. The van der Waals surface area contributed by atoms with Gasteiger partial charge in [-0.2, -0.15) is 11.8 Å². The maximum Gasteiger partial charge on any atom is 0.306 e. The third kappa shape index (κ3) is 4.88. The Kier molecular flexibility index (Phi) is 6.54. The standard InChI is InChI=1S/C13H23NO3S/c1-9(7-12(15)17-2)13(16)14-10-5-4-6-11(8-10)18-3/h9-11H,4-8H2,1-3H3,(H,14,16)/t9-,10+,11+/m0/s1. The van der Waals surface area contributed by atoms with Crippen LogP contribution < -0.4 is 5.32 Å². The lowest BCUT2D eigenvalue weighted by Gasteiger charge is -2.29. The number of rotatable bonds is 5. The van der Waals surface area contributed by atoms with Crippen molar-refractivity contribution in [2.24, 2.45) is 5.92 Å². The van der Waals surface area contributed by atoms with E-state index in [4.69, 9.17) is 0 Å². The van der Waals surface area contributed by atoms with Crippen LogP contribution in [0.5, 0.6) is 0 Å². The van der Waals surface area contributed by atoms with Gasteiger partial charge in [-0.1, -0.05) is 13.3 Å². The summed E-state index contributed by atoms with van der Waals surface area (Å²) in [6.07, 6.45) is 6.77. The maximum absolute atomic E-state index is 11.9. The average molecular weight is 273 g/mol. The lowest BCUT2D eigenvalue weighted by Crippen LogP contribution is -2.42. The molecule has 5 heteroatoms. The topological polar surface area (TPSA) is 55.4 Å². The summed E-state index contributed by atoms with van der Waals surface area (Å²) < 4.78 is 4.57. The number of hydrogen-bond acceptors (Lipinski definition) is 4. The molecule has 18 heavy (non-hydrogen) atoms. The van der Waals surface area contributed by atoms with Crippen molar-refractivity contribution in [2.75, 3.05) is 13.4 Å². The molecule has 0 saturated heterocycles. The van der Waals surface area contributed by atoms with E-state index in [0.717, 1.165) is 12.8 Å². The fraction of sp³-hybridized carbons (Fsp3) is 0.846. The SMILES string of the molecule is COC(=O)C[C@H](C)C(=O)N[C@@H]1CCC[C@@H](SC)C1. The smallest absolute Gasteiger partial charge is 0.306 e. The van der Waals surface area contributed by atoms with E-state index in [1.807, 2.05) is 11.8 Å². The first kappa shape index (κ1) is 15.3. The zero-order valence-corrected chi connectivity index (χ0v) is 12.2. The van der Waals surface area contributed by atoms with Gasteiger partial charge in [0.1, 0.15) is 0 Å². The highest BCUT2D eigenvalue weighted by atomic mass is 32.2. The van der Waals surface area contributed by atoms with Gasteiger partial charge in [-0.15, -0.1) is 0 Å². The Bertz CT molecular complexity index is 296. The van der Waals surface area contributed by atoms with Crippen LogP contribution in [0, 0.1) is 5.92 Å². The van der Waals surface area contributed by atoms with Crippen LogP contribution in [-0.4, -0.2) is 36.5 Å². The Morgan fingerprint density at radius 3 is 2.78 bits per heavy atom. The van der Waals surface area contributed by atoms with Crippen LogP contribution in [0.4, 0.5) is 0 Å². The van der Waals surface area contributed by atoms with E-state index in [1.54, 1.807) is 6.92 Å².